The largest absolute Gasteiger partial charge is 0.459 e. The molecule has 1 saturated heterocycles. The van der Waals surface area contributed by atoms with Crippen LogP contribution in [0.5, 0.6) is 0 Å². The van der Waals surface area contributed by atoms with Crippen LogP contribution in [0.3, 0.4) is 0 Å². The van der Waals surface area contributed by atoms with Crippen LogP contribution in [0.4, 0.5) is 4.79 Å². The van der Waals surface area contributed by atoms with Gasteiger partial charge in [-0.05, 0) is 62.5 Å². The van der Waals surface area contributed by atoms with Crippen molar-refractivity contribution in [2.24, 2.45) is 0 Å². The molecule has 2 aliphatic carbocycles. The first-order valence-corrected chi connectivity index (χ1v) is 12.0. The summed E-state index contributed by atoms with van der Waals surface area (Å²) in [5.74, 6) is -0.455. The van der Waals surface area contributed by atoms with Crippen molar-refractivity contribution in [2.75, 3.05) is 6.54 Å². The third kappa shape index (κ3) is 5.29. The van der Waals surface area contributed by atoms with Gasteiger partial charge in [0.15, 0.2) is 0 Å². The first kappa shape index (κ1) is 23.5. The van der Waals surface area contributed by atoms with Gasteiger partial charge >= 0.3 is 12.1 Å². The Hall–Kier alpha value is -2.68. The number of nitrogens with zero attached hydrogens (tertiary/aromatic N) is 2. The monoisotopic (exact) mass is 518 g/mol. The maximum Gasteiger partial charge on any atom is 0.410 e. The van der Waals surface area contributed by atoms with Crippen LogP contribution in [-0.4, -0.2) is 46.2 Å². The third-order valence-corrected chi connectivity index (χ3v) is 7.40. The molecule has 1 saturated carbocycles. The number of carbonyl (C=O) groups is 2. The number of amides is 1. The second kappa shape index (κ2) is 9.67. The Morgan fingerprint density at radius 3 is 2.55 bits per heavy atom. The molecule has 3 aliphatic rings. The summed E-state index contributed by atoms with van der Waals surface area (Å²) in [6.07, 6.45) is 7.38. The molecule has 33 heavy (non-hydrogen) atoms. The average molecular weight is 519 g/mol. The normalized spacial score (nSPS) is 28.1. The zero-order chi connectivity index (χ0) is 23.6. The first-order chi connectivity index (χ1) is 15.8. The standard InChI is InChI=1S/C24H27BrN2O6/c1-16(17-2-6-19(25)7-3-17)26-15-14-24(33-23(26)29)12-10-21(11-13-24)32-22(28)18-4-8-20(9-5-18)27(30)31/h2-8,16,20-21H,9-15H2,1H3/t16-,20?,21?,24?/m0/s1. The Labute approximate surface area is 200 Å². The molecule has 0 aromatic heterocycles. The Kier molecular flexibility index (Phi) is 6.88. The highest BCUT2D eigenvalue weighted by Gasteiger charge is 2.45. The van der Waals surface area contributed by atoms with Crippen molar-refractivity contribution in [3.8, 4) is 0 Å². The predicted molar refractivity (Wildman–Crippen MR) is 124 cm³/mol. The summed E-state index contributed by atoms with van der Waals surface area (Å²) in [6.45, 7) is 2.62. The number of carbonyl (C=O) groups excluding carboxylic acids is 2. The third-order valence-electron chi connectivity index (χ3n) is 6.87. The van der Waals surface area contributed by atoms with Crippen molar-refractivity contribution in [2.45, 2.75) is 69.2 Å². The highest BCUT2D eigenvalue weighted by molar-refractivity contribution is 9.10. The quantitative estimate of drug-likeness (QED) is 0.305. The molecular formula is C24H27BrN2O6. The molecule has 2 fully saturated rings. The van der Waals surface area contributed by atoms with Crippen molar-refractivity contribution < 1.29 is 24.0 Å². The molecule has 1 aromatic carbocycles. The van der Waals surface area contributed by atoms with Gasteiger partial charge in [0, 0.05) is 28.8 Å². The Morgan fingerprint density at radius 2 is 1.97 bits per heavy atom. The smallest absolute Gasteiger partial charge is 0.410 e. The Morgan fingerprint density at radius 1 is 1.27 bits per heavy atom. The van der Waals surface area contributed by atoms with E-state index in [4.69, 9.17) is 9.47 Å². The molecule has 1 amide bonds. The molecule has 1 unspecified atom stereocenters. The number of esters is 1. The maximum absolute atomic E-state index is 12.8. The summed E-state index contributed by atoms with van der Waals surface area (Å²) >= 11 is 3.43. The maximum atomic E-state index is 12.8. The number of hydrogen-bond donors (Lipinski definition) is 0. The van der Waals surface area contributed by atoms with Gasteiger partial charge in [0.1, 0.15) is 11.7 Å². The number of benzene rings is 1. The minimum atomic E-state index is -0.789. The van der Waals surface area contributed by atoms with Crippen LogP contribution < -0.4 is 0 Å². The number of rotatable bonds is 5. The number of hydrogen-bond acceptors (Lipinski definition) is 6. The van der Waals surface area contributed by atoms with Gasteiger partial charge in [-0.15, -0.1) is 0 Å². The van der Waals surface area contributed by atoms with Crippen LogP contribution in [0.15, 0.2) is 52.5 Å². The van der Waals surface area contributed by atoms with Gasteiger partial charge in [-0.1, -0.05) is 34.1 Å². The van der Waals surface area contributed by atoms with Gasteiger partial charge in [-0.25, -0.2) is 9.59 Å². The molecule has 0 N–H and O–H groups in total. The summed E-state index contributed by atoms with van der Waals surface area (Å²) < 4.78 is 12.6. The lowest BCUT2D eigenvalue weighted by atomic mass is 9.80. The van der Waals surface area contributed by atoms with Crippen LogP contribution in [0.1, 0.15) is 57.1 Å². The number of ether oxygens (including phenoxy) is 2. The fourth-order valence-electron chi connectivity index (χ4n) is 4.71. The molecule has 0 radical (unpaired) electrons. The molecule has 1 aliphatic heterocycles. The lowest BCUT2D eigenvalue weighted by Gasteiger charge is -2.46. The summed E-state index contributed by atoms with van der Waals surface area (Å²) in [7, 11) is 0. The summed E-state index contributed by atoms with van der Waals surface area (Å²) in [5, 5.41) is 10.8. The van der Waals surface area contributed by atoms with E-state index in [1.165, 1.54) is 12.2 Å². The van der Waals surface area contributed by atoms with Crippen LogP contribution in [0.25, 0.3) is 0 Å². The van der Waals surface area contributed by atoms with Gasteiger partial charge in [-0.2, -0.15) is 0 Å². The van der Waals surface area contributed by atoms with Gasteiger partial charge < -0.3 is 14.4 Å². The highest BCUT2D eigenvalue weighted by Crippen LogP contribution is 2.40. The zero-order valence-corrected chi connectivity index (χ0v) is 20.0. The zero-order valence-electron chi connectivity index (χ0n) is 18.4. The van der Waals surface area contributed by atoms with E-state index in [0.717, 1.165) is 16.5 Å². The van der Waals surface area contributed by atoms with Crippen molar-refractivity contribution in [1.82, 2.24) is 4.90 Å². The van der Waals surface area contributed by atoms with Gasteiger partial charge in [-0.3, -0.25) is 10.1 Å². The van der Waals surface area contributed by atoms with Crippen LogP contribution >= 0.6 is 15.9 Å². The number of halogens is 1. The van der Waals surface area contributed by atoms with E-state index in [0.29, 0.717) is 37.8 Å². The molecule has 4 rings (SSSR count). The van der Waals surface area contributed by atoms with Crippen molar-refractivity contribution in [1.29, 1.82) is 0 Å². The molecule has 0 bridgehead atoms. The van der Waals surface area contributed by atoms with E-state index in [-0.39, 0.29) is 29.6 Å². The summed E-state index contributed by atoms with van der Waals surface area (Å²) in [5.41, 5.74) is 0.908. The fraction of sp³-hybridized carbons (Fsp3) is 0.500. The molecule has 2 atom stereocenters. The van der Waals surface area contributed by atoms with Crippen LogP contribution in [0, 0.1) is 10.1 Å². The molecule has 1 aromatic rings. The predicted octanol–water partition coefficient (Wildman–Crippen LogP) is 5.11. The van der Waals surface area contributed by atoms with Gasteiger partial charge in [0.05, 0.1) is 11.6 Å². The highest BCUT2D eigenvalue weighted by atomic mass is 79.9. The van der Waals surface area contributed by atoms with Gasteiger partial charge in [0.2, 0.25) is 6.04 Å². The second-order valence-corrected chi connectivity index (χ2v) is 9.85. The Balaban J connectivity index is 1.28. The van der Waals surface area contributed by atoms with E-state index in [1.807, 2.05) is 31.2 Å². The molecule has 9 heteroatoms. The topological polar surface area (TPSA) is 99.0 Å². The van der Waals surface area contributed by atoms with E-state index >= 15 is 0 Å². The van der Waals surface area contributed by atoms with E-state index in [2.05, 4.69) is 15.9 Å². The first-order valence-electron chi connectivity index (χ1n) is 11.2. The minimum absolute atomic E-state index is 0.0769. The van der Waals surface area contributed by atoms with Crippen LogP contribution in [-0.2, 0) is 14.3 Å². The lowest BCUT2D eigenvalue weighted by Crippen LogP contribution is -2.52. The SMILES string of the molecule is C[C@@H](c1ccc(Br)cc1)N1CCC2(CCC(OC(=O)C3=CCC([N+](=O)[O-])C=C3)CC2)OC1=O. The lowest BCUT2D eigenvalue weighted by molar-refractivity contribution is -0.508. The Bertz CT molecular complexity index is 981. The minimum Gasteiger partial charge on any atom is -0.459 e. The van der Waals surface area contributed by atoms with Crippen LogP contribution in [0.2, 0.25) is 0 Å². The average Bonchev–Trinajstić information content (AvgIpc) is 2.81. The molecule has 1 heterocycles. The van der Waals surface area contributed by atoms with Crippen molar-refractivity contribution >= 4 is 28.0 Å². The summed E-state index contributed by atoms with van der Waals surface area (Å²) in [4.78, 5) is 37.5. The second-order valence-electron chi connectivity index (χ2n) is 8.93. The van der Waals surface area contributed by atoms with E-state index in [1.54, 1.807) is 11.0 Å². The van der Waals surface area contributed by atoms with Crippen molar-refractivity contribution in [3.63, 3.8) is 0 Å². The van der Waals surface area contributed by atoms with Crippen molar-refractivity contribution in [3.05, 3.63) is 68.2 Å². The van der Waals surface area contributed by atoms with E-state index < -0.39 is 17.6 Å². The molecular weight excluding hydrogens is 492 g/mol. The number of nitro groups is 1. The van der Waals surface area contributed by atoms with Gasteiger partial charge in [0.25, 0.3) is 0 Å². The fourth-order valence-corrected chi connectivity index (χ4v) is 4.97. The molecule has 8 nitrogen and oxygen atoms in total. The van der Waals surface area contributed by atoms with E-state index in [9.17, 15) is 19.7 Å². The summed E-state index contributed by atoms with van der Waals surface area (Å²) in [6, 6.07) is 7.06. The molecule has 176 valence electrons. The molecule has 1 spiro atoms.